The van der Waals surface area contributed by atoms with Gasteiger partial charge in [0.2, 0.25) is 5.91 Å². The molecule has 1 saturated carbocycles. The average Bonchev–Trinajstić information content (AvgIpc) is 2.82. The largest absolute Gasteiger partial charge is 0.354 e. The molecule has 2 unspecified atom stereocenters. The van der Waals surface area contributed by atoms with E-state index in [1.807, 2.05) is 30.3 Å². The Labute approximate surface area is 115 Å². The van der Waals surface area contributed by atoms with E-state index in [4.69, 9.17) is 5.73 Å². The minimum absolute atomic E-state index is 0.0250. The van der Waals surface area contributed by atoms with Gasteiger partial charge < -0.3 is 11.1 Å². The number of carbonyl (C=O) groups excluding carboxylic acids is 1. The molecular weight excluding hydrogens is 236 g/mol. The third kappa shape index (κ3) is 4.06. The lowest BCUT2D eigenvalue weighted by Gasteiger charge is -2.18. The molecule has 1 aromatic rings. The maximum Gasteiger partial charge on any atom is 0.237 e. The van der Waals surface area contributed by atoms with Gasteiger partial charge in [0.1, 0.15) is 0 Å². The van der Waals surface area contributed by atoms with Crippen LogP contribution in [-0.2, 0) is 11.2 Å². The molecule has 104 valence electrons. The molecule has 0 aliphatic heterocycles. The zero-order chi connectivity index (χ0) is 13.7. The Morgan fingerprint density at radius 3 is 2.74 bits per heavy atom. The summed E-state index contributed by atoms with van der Waals surface area (Å²) in [5.74, 6) is 1.33. The Hall–Kier alpha value is -1.35. The summed E-state index contributed by atoms with van der Waals surface area (Å²) in [7, 11) is 0. The van der Waals surface area contributed by atoms with Crippen LogP contribution in [0.5, 0.6) is 0 Å². The van der Waals surface area contributed by atoms with Crippen LogP contribution in [-0.4, -0.2) is 18.5 Å². The van der Waals surface area contributed by atoms with Crippen LogP contribution >= 0.6 is 0 Å². The zero-order valence-electron chi connectivity index (χ0n) is 11.6. The van der Waals surface area contributed by atoms with Crippen LogP contribution in [0.15, 0.2) is 30.3 Å². The van der Waals surface area contributed by atoms with E-state index in [1.165, 1.54) is 19.3 Å². The molecule has 3 heteroatoms. The van der Waals surface area contributed by atoms with Gasteiger partial charge in [-0.05, 0) is 30.2 Å². The number of benzene rings is 1. The first-order valence-electron chi connectivity index (χ1n) is 7.24. The molecule has 1 fully saturated rings. The molecule has 0 saturated heterocycles. The molecule has 3 N–H and O–H groups in total. The molecule has 1 aliphatic rings. The van der Waals surface area contributed by atoms with E-state index in [1.54, 1.807) is 0 Å². The van der Waals surface area contributed by atoms with Gasteiger partial charge in [0, 0.05) is 6.54 Å². The van der Waals surface area contributed by atoms with Crippen molar-refractivity contribution in [3.63, 3.8) is 0 Å². The number of hydrogen-bond donors (Lipinski definition) is 2. The molecule has 0 bridgehead atoms. The van der Waals surface area contributed by atoms with Gasteiger partial charge in [0.15, 0.2) is 0 Å². The van der Waals surface area contributed by atoms with Crippen molar-refractivity contribution in [2.75, 3.05) is 6.54 Å². The Morgan fingerprint density at radius 1 is 1.37 bits per heavy atom. The van der Waals surface area contributed by atoms with Crippen LogP contribution in [0.2, 0.25) is 0 Å². The molecule has 0 heterocycles. The van der Waals surface area contributed by atoms with Gasteiger partial charge in [-0.25, -0.2) is 0 Å². The van der Waals surface area contributed by atoms with Crippen LogP contribution in [0.1, 0.15) is 31.7 Å². The van der Waals surface area contributed by atoms with Gasteiger partial charge >= 0.3 is 0 Å². The Morgan fingerprint density at radius 2 is 2.11 bits per heavy atom. The van der Waals surface area contributed by atoms with Gasteiger partial charge in [-0.1, -0.05) is 50.1 Å². The van der Waals surface area contributed by atoms with Gasteiger partial charge in [-0.3, -0.25) is 4.79 Å². The smallest absolute Gasteiger partial charge is 0.237 e. The minimum atomic E-state index is -0.445. The standard InChI is InChI=1S/C16H24N2O/c1-12-6-5-9-14(12)11-18-16(19)15(17)10-13-7-3-2-4-8-13/h2-4,7-8,12,14-15H,5-6,9-11,17H2,1H3,(H,18,19)/t12?,14?,15-/m1/s1. The van der Waals surface area contributed by atoms with Crippen molar-refractivity contribution < 1.29 is 4.79 Å². The predicted octanol–water partition coefficient (Wildman–Crippen LogP) is 2.11. The van der Waals surface area contributed by atoms with E-state index in [-0.39, 0.29) is 5.91 Å². The van der Waals surface area contributed by atoms with Gasteiger partial charge in [-0.15, -0.1) is 0 Å². The summed E-state index contributed by atoms with van der Waals surface area (Å²) in [5, 5.41) is 3.01. The Bertz CT molecular complexity index is 404. The first-order chi connectivity index (χ1) is 9.16. The predicted molar refractivity (Wildman–Crippen MR) is 77.6 cm³/mol. The quantitative estimate of drug-likeness (QED) is 0.852. The average molecular weight is 260 g/mol. The summed E-state index contributed by atoms with van der Waals surface area (Å²) in [4.78, 5) is 12.0. The lowest BCUT2D eigenvalue weighted by molar-refractivity contribution is -0.122. The molecule has 3 nitrogen and oxygen atoms in total. The molecular formula is C16H24N2O. The van der Waals surface area contributed by atoms with E-state index >= 15 is 0 Å². The summed E-state index contributed by atoms with van der Waals surface area (Å²) in [6, 6.07) is 9.48. The molecule has 2 rings (SSSR count). The van der Waals surface area contributed by atoms with Crippen molar-refractivity contribution in [1.82, 2.24) is 5.32 Å². The lowest BCUT2D eigenvalue weighted by atomic mass is 9.98. The van der Waals surface area contributed by atoms with Gasteiger partial charge in [-0.2, -0.15) is 0 Å². The van der Waals surface area contributed by atoms with Crippen molar-refractivity contribution in [2.24, 2.45) is 17.6 Å². The van der Waals surface area contributed by atoms with Gasteiger partial charge in [0.05, 0.1) is 6.04 Å². The Balaban J connectivity index is 1.76. The summed E-state index contributed by atoms with van der Waals surface area (Å²) in [6.45, 7) is 3.05. The highest BCUT2D eigenvalue weighted by atomic mass is 16.2. The summed E-state index contributed by atoms with van der Waals surface area (Å²) >= 11 is 0. The molecule has 1 amide bonds. The van der Waals surface area contributed by atoms with Crippen LogP contribution < -0.4 is 11.1 Å². The van der Waals surface area contributed by atoms with E-state index in [0.717, 1.165) is 18.0 Å². The van der Waals surface area contributed by atoms with E-state index in [0.29, 0.717) is 12.3 Å². The summed E-state index contributed by atoms with van der Waals surface area (Å²) < 4.78 is 0. The monoisotopic (exact) mass is 260 g/mol. The fourth-order valence-electron chi connectivity index (χ4n) is 2.85. The number of amides is 1. The molecule has 3 atom stereocenters. The lowest BCUT2D eigenvalue weighted by Crippen LogP contribution is -2.43. The van der Waals surface area contributed by atoms with E-state index < -0.39 is 6.04 Å². The second kappa shape index (κ2) is 6.71. The number of rotatable bonds is 5. The topological polar surface area (TPSA) is 55.1 Å². The molecule has 1 aromatic carbocycles. The third-order valence-corrected chi connectivity index (χ3v) is 4.21. The second-order valence-corrected chi connectivity index (χ2v) is 5.71. The van der Waals surface area contributed by atoms with Gasteiger partial charge in [0.25, 0.3) is 0 Å². The highest BCUT2D eigenvalue weighted by molar-refractivity contribution is 5.81. The Kier molecular flexibility index (Phi) is 4.97. The maximum absolute atomic E-state index is 12.0. The number of hydrogen-bond acceptors (Lipinski definition) is 2. The van der Waals surface area contributed by atoms with E-state index in [9.17, 15) is 4.79 Å². The van der Waals surface area contributed by atoms with Crippen molar-refractivity contribution in [3.8, 4) is 0 Å². The SMILES string of the molecule is CC1CCCC1CNC(=O)[C@H](N)Cc1ccccc1. The molecule has 19 heavy (non-hydrogen) atoms. The molecule has 1 aliphatic carbocycles. The van der Waals surface area contributed by atoms with Crippen molar-refractivity contribution >= 4 is 5.91 Å². The van der Waals surface area contributed by atoms with Crippen molar-refractivity contribution in [2.45, 2.75) is 38.6 Å². The molecule has 0 spiro atoms. The number of carbonyl (C=O) groups is 1. The molecule has 0 radical (unpaired) electrons. The fourth-order valence-corrected chi connectivity index (χ4v) is 2.85. The van der Waals surface area contributed by atoms with Crippen molar-refractivity contribution in [1.29, 1.82) is 0 Å². The molecule has 0 aromatic heterocycles. The summed E-state index contributed by atoms with van der Waals surface area (Å²) in [6.07, 6.45) is 4.41. The van der Waals surface area contributed by atoms with Crippen LogP contribution in [0.4, 0.5) is 0 Å². The fraction of sp³-hybridized carbons (Fsp3) is 0.562. The number of nitrogens with one attached hydrogen (secondary N) is 1. The van der Waals surface area contributed by atoms with E-state index in [2.05, 4.69) is 12.2 Å². The third-order valence-electron chi connectivity index (χ3n) is 4.21. The highest BCUT2D eigenvalue weighted by Crippen LogP contribution is 2.30. The first-order valence-corrected chi connectivity index (χ1v) is 7.24. The second-order valence-electron chi connectivity index (χ2n) is 5.71. The summed E-state index contributed by atoms with van der Waals surface area (Å²) in [5.41, 5.74) is 7.07. The van der Waals surface area contributed by atoms with Crippen LogP contribution in [0, 0.1) is 11.8 Å². The van der Waals surface area contributed by atoms with Crippen molar-refractivity contribution in [3.05, 3.63) is 35.9 Å². The van der Waals surface area contributed by atoms with Crippen LogP contribution in [0.3, 0.4) is 0 Å². The minimum Gasteiger partial charge on any atom is -0.354 e. The van der Waals surface area contributed by atoms with Crippen LogP contribution in [0.25, 0.3) is 0 Å². The zero-order valence-corrected chi connectivity index (χ0v) is 11.6. The highest BCUT2D eigenvalue weighted by Gasteiger charge is 2.24. The maximum atomic E-state index is 12.0. The number of nitrogens with two attached hydrogens (primary N) is 1. The normalized spacial score (nSPS) is 24.1. The first kappa shape index (κ1) is 14.1.